The van der Waals surface area contributed by atoms with Crippen molar-refractivity contribution < 1.29 is 9.13 Å². The zero-order valence-corrected chi connectivity index (χ0v) is 13.7. The molecule has 122 valence electrons. The van der Waals surface area contributed by atoms with Crippen molar-refractivity contribution in [3.63, 3.8) is 0 Å². The largest absolute Gasteiger partial charge is 0.377 e. The van der Waals surface area contributed by atoms with Crippen LogP contribution in [0.1, 0.15) is 17.9 Å². The summed E-state index contributed by atoms with van der Waals surface area (Å²) in [6.07, 6.45) is 2.81. The van der Waals surface area contributed by atoms with Gasteiger partial charge in [-0.2, -0.15) is 4.37 Å². The monoisotopic (exact) mass is 335 g/mol. The third-order valence-electron chi connectivity index (χ3n) is 4.43. The quantitative estimate of drug-likeness (QED) is 0.829. The Hall–Kier alpha value is -1.64. The Morgan fingerprint density at radius 2 is 2.22 bits per heavy atom. The highest BCUT2D eigenvalue weighted by molar-refractivity contribution is 7.09. The van der Waals surface area contributed by atoms with Gasteiger partial charge in [-0.05, 0) is 18.6 Å². The van der Waals surface area contributed by atoms with E-state index < -0.39 is 0 Å². The van der Waals surface area contributed by atoms with Crippen LogP contribution in [0.3, 0.4) is 0 Å². The van der Waals surface area contributed by atoms with E-state index in [1.54, 1.807) is 19.4 Å². The fourth-order valence-corrected chi connectivity index (χ4v) is 4.24. The van der Waals surface area contributed by atoms with E-state index in [0.29, 0.717) is 30.9 Å². The first kappa shape index (κ1) is 14.9. The first-order chi connectivity index (χ1) is 11.2. The van der Waals surface area contributed by atoms with Gasteiger partial charge in [-0.15, -0.1) is 0 Å². The van der Waals surface area contributed by atoms with E-state index in [-0.39, 0.29) is 5.82 Å². The van der Waals surface area contributed by atoms with E-state index in [1.807, 2.05) is 0 Å². The first-order valence-electron chi connectivity index (χ1n) is 7.66. The molecule has 0 amide bonds. The number of hydrogen-bond donors (Lipinski definition) is 0. The number of ether oxygens (including phenoxy) is 1. The number of piperazine rings is 1. The lowest BCUT2D eigenvalue weighted by Gasteiger charge is -2.56. The third kappa shape index (κ3) is 2.82. The topological polar surface area (TPSA) is 54.4 Å². The smallest absolute Gasteiger partial charge is 0.205 e. The molecule has 3 aliphatic heterocycles. The fourth-order valence-electron chi connectivity index (χ4n) is 3.42. The average molecular weight is 335 g/mol. The molecule has 2 atom stereocenters. The van der Waals surface area contributed by atoms with Gasteiger partial charge in [0.15, 0.2) is 5.82 Å². The minimum atomic E-state index is -0.225. The van der Waals surface area contributed by atoms with Gasteiger partial charge < -0.3 is 9.64 Å². The van der Waals surface area contributed by atoms with Gasteiger partial charge >= 0.3 is 0 Å². The summed E-state index contributed by atoms with van der Waals surface area (Å²) < 4.78 is 23.1. The Labute approximate surface area is 138 Å². The van der Waals surface area contributed by atoms with E-state index >= 15 is 0 Å². The van der Waals surface area contributed by atoms with Crippen molar-refractivity contribution in [2.45, 2.75) is 31.7 Å². The van der Waals surface area contributed by atoms with Crippen LogP contribution >= 0.6 is 11.5 Å². The number of aromatic nitrogens is 3. The normalized spacial score (nSPS) is 23.8. The summed E-state index contributed by atoms with van der Waals surface area (Å²) in [5.74, 6) is 0.516. The molecule has 2 bridgehead atoms. The van der Waals surface area contributed by atoms with Crippen LogP contribution in [0.2, 0.25) is 0 Å². The molecule has 2 unspecified atom stereocenters. The Morgan fingerprint density at radius 1 is 1.39 bits per heavy atom. The predicted molar refractivity (Wildman–Crippen MR) is 84.8 cm³/mol. The molecule has 0 radical (unpaired) electrons. The van der Waals surface area contributed by atoms with E-state index in [4.69, 9.17) is 4.74 Å². The number of nitrogens with zero attached hydrogens (tertiary/aromatic N) is 5. The lowest BCUT2D eigenvalue weighted by molar-refractivity contribution is 0.106. The van der Waals surface area contributed by atoms with Crippen molar-refractivity contribution in [1.29, 1.82) is 0 Å². The van der Waals surface area contributed by atoms with Crippen LogP contribution < -0.4 is 4.90 Å². The predicted octanol–water partition coefficient (Wildman–Crippen LogP) is 1.68. The lowest BCUT2D eigenvalue weighted by Crippen LogP contribution is -2.68. The third-order valence-corrected chi connectivity index (χ3v) is 5.20. The van der Waals surface area contributed by atoms with Crippen LogP contribution in [0.25, 0.3) is 0 Å². The second-order valence-corrected chi connectivity index (χ2v) is 6.73. The first-order valence-corrected chi connectivity index (χ1v) is 8.43. The molecule has 5 rings (SSSR count). The van der Waals surface area contributed by atoms with Crippen molar-refractivity contribution in [2.75, 3.05) is 25.1 Å². The summed E-state index contributed by atoms with van der Waals surface area (Å²) in [6.45, 7) is 2.83. The van der Waals surface area contributed by atoms with Gasteiger partial charge in [0.05, 0.1) is 5.69 Å². The molecule has 2 aromatic rings. The van der Waals surface area contributed by atoms with Crippen molar-refractivity contribution in [2.24, 2.45) is 0 Å². The molecule has 3 fully saturated rings. The SMILES string of the molecule is COCc1nsc(N2C3CC2CN(Cc2ncccc2F)C3)n1. The highest BCUT2D eigenvalue weighted by Gasteiger charge is 2.46. The summed E-state index contributed by atoms with van der Waals surface area (Å²) in [4.78, 5) is 13.3. The number of pyridine rings is 1. The second-order valence-electron chi connectivity index (χ2n) is 6.00. The van der Waals surface area contributed by atoms with Gasteiger partial charge in [0.2, 0.25) is 5.13 Å². The standard InChI is InChI=1S/C15H18FN5OS/c1-22-9-14-18-15(23-19-14)21-10-5-11(21)7-20(6-10)8-13-12(16)3-2-4-17-13/h2-4,10-11H,5-9H2,1H3. The van der Waals surface area contributed by atoms with Crippen molar-refractivity contribution in [3.8, 4) is 0 Å². The fraction of sp³-hybridized carbons (Fsp3) is 0.533. The van der Waals surface area contributed by atoms with Gasteiger partial charge in [0.1, 0.15) is 12.4 Å². The number of rotatable bonds is 5. The van der Waals surface area contributed by atoms with Gasteiger partial charge in [-0.3, -0.25) is 9.88 Å². The molecule has 6 nitrogen and oxygen atoms in total. The Morgan fingerprint density at radius 3 is 2.96 bits per heavy atom. The summed E-state index contributed by atoms with van der Waals surface area (Å²) in [6, 6.07) is 3.96. The van der Waals surface area contributed by atoms with Crippen LogP contribution in [-0.2, 0) is 17.9 Å². The lowest BCUT2D eigenvalue weighted by atomic mass is 9.88. The molecule has 5 heterocycles. The molecule has 2 aromatic heterocycles. The summed E-state index contributed by atoms with van der Waals surface area (Å²) in [5, 5.41) is 0.974. The van der Waals surface area contributed by atoms with Gasteiger partial charge in [-0.1, -0.05) is 0 Å². The second kappa shape index (κ2) is 6.10. The number of anilines is 1. The minimum absolute atomic E-state index is 0.225. The molecule has 3 aliphatic rings. The minimum Gasteiger partial charge on any atom is -0.377 e. The molecule has 0 aliphatic carbocycles. The molecule has 0 saturated carbocycles. The maximum atomic E-state index is 13.7. The van der Waals surface area contributed by atoms with Crippen molar-refractivity contribution in [3.05, 3.63) is 35.7 Å². The highest BCUT2D eigenvalue weighted by Crippen LogP contribution is 2.38. The molecule has 3 saturated heterocycles. The van der Waals surface area contributed by atoms with Gasteiger partial charge in [-0.25, -0.2) is 9.37 Å². The zero-order valence-electron chi connectivity index (χ0n) is 12.9. The maximum Gasteiger partial charge on any atom is 0.205 e. The molecule has 0 N–H and O–H groups in total. The van der Waals surface area contributed by atoms with Crippen molar-refractivity contribution in [1.82, 2.24) is 19.2 Å². The number of halogens is 1. The Kier molecular flexibility index (Phi) is 3.96. The molecular weight excluding hydrogens is 317 g/mol. The number of piperidine rings is 1. The number of methoxy groups -OCH3 is 1. The van der Waals surface area contributed by atoms with Crippen LogP contribution in [0.4, 0.5) is 9.52 Å². The van der Waals surface area contributed by atoms with Gasteiger partial charge in [0, 0.05) is 56.6 Å². The average Bonchev–Trinajstić information content (AvgIpc) is 2.98. The number of hydrogen-bond acceptors (Lipinski definition) is 7. The molecular formula is C15H18FN5OS. The summed E-state index contributed by atoms with van der Waals surface area (Å²) in [5.41, 5.74) is 0.527. The highest BCUT2D eigenvalue weighted by atomic mass is 32.1. The Bertz CT molecular complexity index is 684. The van der Waals surface area contributed by atoms with Gasteiger partial charge in [0.25, 0.3) is 0 Å². The van der Waals surface area contributed by atoms with E-state index in [9.17, 15) is 4.39 Å². The van der Waals surface area contributed by atoms with E-state index in [0.717, 1.165) is 24.0 Å². The van der Waals surface area contributed by atoms with Crippen molar-refractivity contribution >= 4 is 16.7 Å². The molecule has 8 heteroatoms. The molecule has 0 spiro atoms. The van der Waals surface area contributed by atoms with Crippen LogP contribution in [0, 0.1) is 5.82 Å². The maximum absolute atomic E-state index is 13.7. The van der Waals surface area contributed by atoms with Crippen LogP contribution in [-0.4, -0.2) is 51.5 Å². The van der Waals surface area contributed by atoms with E-state index in [1.165, 1.54) is 24.0 Å². The number of fused-ring (bicyclic) bond motifs is 2. The summed E-state index contributed by atoms with van der Waals surface area (Å²) in [7, 11) is 1.65. The molecule has 23 heavy (non-hydrogen) atoms. The van der Waals surface area contributed by atoms with Crippen LogP contribution in [0.15, 0.2) is 18.3 Å². The molecule has 0 aromatic carbocycles. The van der Waals surface area contributed by atoms with Crippen LogP contribution in [0.5, 0.6) is 0 Å². The Balaban J connectivity index is 1.41. The van der Waals surface area contributed by atoms with E-state index in [2.05, 4.69) is 24.1 Å². The zero-order chi connectivity index (χ0) is 15.8. The summed E-state index contributed by atoms with van der Waals surface area (Å²) >= 11 is 1.43.